The minimum atomic E-state index is -0.154. The Morgan fingerprint density at radius 2 is 2.16 bits per heavy atom. The van der Waals surface area contributed by atoms with Crippen molar-refractivity contribution in [3.05, 3.63) is 12.7 Å². The molecule has 0 N–H and O–H groups in total. The number of carbonyl (C=O) groups excluding carboxylic acids is 1. The van der Waals surface area contributed by atoms with Crippen LogP contribution >= 0.6 is 0 Å². The average Bonchev–Trinajstić information content (AvgIpc) is 2.82. The van der Waals surface area contributed by atoms with Crippen molar-refractivity contribution in [2.45, 2.75) is 25.9 Å². The molecule has 3 atom stereocenters. The van der Waals surface area contributed by atoms with Crippen molar-refractivity contribution in [1.82, 2.24) is 0 Å². The molecule has 5 nitrogen and oxygen atoms in total. The predicted octanol–water partition coefficient (Wildman–Crippen LogP) is 1.77. The van der Waals surface area contributed by atoms with E-state index in [4.69, 9.17) is 18.9 Å². The van der Waals surface area contributed by atoms with E-state index in [0.29, 0.717) is 26.2 Å². The van der Waals surface area contributed by atoms with Crippen LogP contribution in [-0.2, 0) is 23.7 Å². The molecule has 0 aromatic rings. The van der Waals surface area contributed by atoms with Gasteiger partial charge in [0.2, 0.25) is 0 Å². The van der Waals surface area contributed by atoms with Gasteiger partial charge >= 0.3 is 5.97 Å². The predicted molar refractivity (Wildman–Crippen MR) is 70.6 cm³/mol. The van der Waals surface area contributed by atoms with Crippen LogP contribution in [-0.4, -0.2) is 45.8 Å². The van der Waals surface area contributed by atoms with Gasteiger partial charge in [0.1, 0.15) is 6.79 Å². The smallest absolute Gasteiger partial charge is 0.309 e. The van der Waals surface area contributed by atoms with E-state index in [-0.39, 0.29) is 30.7 Å². The number of allylic oxidation sites excluding steroid dienone is 1. The lowest BCUT2D eigenvalue weighted by molar-refractivity contribution is -0.149. The van der Waals surface area contributed by atoms with Crippen molar-refractivity contribution in [2.75, 3.05) is 33.7 Å². The third-order valence-corrected chi connectivity index (χ3v) is 3.28. The summed E-state index contributed by atoms with van der Waals surface area (Å²) in [7, 11) is 1.62. The molecule has 0 spiro atoms. The summed E-state index contributed by atoms with van der Waals surface area (Å²) >= 11 is 0. The fourth-order valence-electron chi connectivity index (χ4n) is 2.28. The van der Waals surface area contributed by atoms with E-state index < -0.39 is 0 Å². The van der Waals surface area contributed by atoms with Crippen LogP contribution < -0.4 is 0 Å². The second kappa shape index (κ2) is 9.07. The van der Waals surface area contributed by atoms with Crippen LogP contribution in [0.5, 0.6) is 0 Å². The highest BCUT2D eigenvalue weighted by Gasteiger charge is 2.38. The molecule has 5 heteroatoms. The molecule has 1 aliphatic rings. The Balaban J connectivity index is 2.30. The molecule has 19 heavy (non-hydrogen) atoms. The summed E-state index contributed by atoms with van der Waals surface area (Å²) in [6.45, 7) is 7.29. The van der Waals surface area contributed by atoms with E-state index in [1.165, 1.54) is 0 Å². The van der Waals surface area contributed by atoms with Gasteiger partial charge in [-0.3, -0.25) is 4.79 Å². The van der Waals surface area contributed by atoms with E-state index >= 15 is 0 Å². The van der Waals surface area contributed by atoms with Gasteiger partial charge in [-0.2, -0.15) is 0 Å². The molecule has 0 bridgehead atoms. The normalized spacial score (nSPS) is 26.3. The summed E-state index contributed by atoms with van der Waals surface area (Å²) in [6.07, 6.45) is 3.31. The highest BCUT2D eigenvalue weighted by Crippen LogP contribution is 2.35. The van der Waals surface area contributed by atoms with Gasteiger partial charge in [0, 0.05) is 7.11 Å². The van der Waals surface area contributed by atoms with Crippen molar-refractivity contribution in [3.63, 3.8) is 0 Å². The van der Waals surface area contributed by atoms with Crippen LogP contribution in [0.3, 0.4) is 0 Å². The number of rotatable bonds is 9. The van der Waals surface area contributed by atoms with E-state index in [1.54, 1.807) is 7.11 Å². The molecule has 0 radical (unpaired) electrons. The minimum absolute atomic E-state index is 0.0277. The summed E-state index contributed by atoms with van der Waals surface area (Å²) < 4.78 is 20.8. The number of methoxy groups -OCH3 is 1. The largest absolute Gasteiger partial charge is 0.466 e. The molecule has 1 fully saturated rings. The fourth-order valence-corrected chi connectivity index (χ4v) is 2.28. The molecule has 0 amide bonds. The minimum Gasteiger partial charge on any atom is -0.466 e. The first kappa shape index (κ1) is 16.1. The van der Waals surface area contributed by atoms with Gasteiger partial charge in [-0.05, 0) is 25.7 Å². The first-order valence-corrected chi connectivity index (χ1v) is 6.70. The first-order valence-electron chi connectivity index (χ1n) is 6.70. The maximum Gasteiger partial charge on any atom is 0.309 e. The molecule has 1 aliphatic carbocycles. The standard InChI is InChI=1S/C14H24O5/c1-4-11-8-12(19-10-17-7-6-16-3)9-13(11)14(15)18-5-2/h4,11-13H,1,5-10H2,2-3H3/t11-,12+,13-/m1/s1. The molecule has 0 aliphatic heterocycles. The molecular weight excluding hydrogens is 248 g/mol. The Morgan fingerprint density at radius 3 is 2.79 bits per heavy atom. The maximum atomic E-state index is 11.8. The highest BCUT2D eigenvalue weighted by atomic mass is 16.7. The number of carbonyl (C=O) groups is 1. The molecule has 0 unspecified atom stereocenters. The number of hydrogen-bond donors (Lipinski definition) is 0. The SMILES string of the molecule is C=C[C@@H]1C[C@H](OCOCCOC)C[C@H]1C(=O)OCC. The van der Waals surface area contributed by atoms with Crippen LogP contribution in [0.15, 0.2) is 12.7 Å². The lowest BCUT2D eigenvalue weighted by atomic mass is 9.97. The molecule has 110 valence electrons. The molecule has 0 heterocycles. The lowest BCUT2D eigenvalue weighted by Crippen LogP contribution is -2.20. The van der Waals surface area contributed by atoms with E-state index in [0.717, 1.165) is 6.42 Å². The zero-order valence-corrected chi connectivity index (χ0v) is 11.8. The second-order valence-electron chi connectivity index (χ2n) is 4.54. The summed E-state index contributed by atoms with van der Waals surface area (Å²) in [5.74, 6) is -0.164. The van der Waals surface area contributed by atoms with Gasteiger partial charge in [0.25, 0.3) is 0 Å². The van der Waals surface area contributed by atoms with Gasteiger partial charge in [0.05, 0.1) is 31.8 Å². The van der Waals surface area contributed by atoms with Gasteiger partial charge in [-0.15, -0.1) is 6.58 Å². The Morgan fingerprint density at radius 1 is 1.37 bits per heavy atom. The molecular formula is C14H24O5. The van der Waals surface area contributed by atoms with Gasteiger partial charge in [-0.1, -0.05) is 6.08 Å². The van der Waals surface area contributed by atoms with Gasteiger partial charge in [0.15, 0.2) is 0 Å². The molecule has 1 saturated carbocycles. The first-order chi connectivity index (χ1) is 9.22. The summed E-state index contributed by atoms with van der Waals surface area (Å²) in [4.78, 5) is 11.8. The zero-order chi connectivity index (χ0) is 14.1. The second-order valence-corrected chi connectivity index (χ2v) is 4.54. The summed E-state index contributed by atoms with van der Waals surface area (Å²) in [6, 6.07) is 0. The van der Waals surface area contributed by atoms with E-state index in [2.05, 4.69) is 6.58 Å². The van der Waals surface area contributed by atoms with Crippen molar-refractivity contribution in [3.8, 4) is 0 Å². The molecule has 0 saturated heterocycles. The number of esters is 1. The van der Waals surface area contributed by atoms with Crippen LogP contribution in [0.1, 0.15) is 19.8 Å². The van der Waals surface area contributed by atoms with Crippen molar-refractivity contribution in [1.29, 1.82) is 0 Å². The quantitative estimate of drug-likeness (QED) is 0.277. The third kappa shape index (κ3) is 5.30. The van der Waals surface area contributed by atoms with Gasteiger partial charge in [-0.25, -0.2) is 0 Å². The Labute approximate surface area is 114 Å². The van der Waals surface area contributed by atoms with Gasteiger partial charge < -0.3 is 18.9 Å². The molecule has 1 rings (SSSR count). The van der Waals surface area contributed by atoms with E-state index in [9.17, 15) is 4.79 Å². The van der Waals surface area contributed by atoms with Crippen LogP contribution in [0.2, 0.25) is 0 Å². The summed E-state index contributed by atoms with van der Waals surface area (Å²) in [5.41, 5.74) is 0. The molecule has 0 aromatic heterocycles. The number of ether oxygens (including phenoxy) is 4. The van der Waals surface area contributed by atoms with Crippen molar-refractivity contribution in [2.24, 2.45) is 11.8 Å². The fraction of sp³-hybridized carbons (Fsp3) is 0.786. The maximum absolute atomic E-state index is 11.8. The topological polar surface area (TPSA) is 54.0 Å². The monoisotopic (exact) mass is 272 g/mol. The van der Waals surface area contributed by atoms with E-state index in [1.807, 2.05) is 13.0 Å². The Kier molecular flexibility index (Phi) is 7.70. The van der Waals surface area contributed by atoms with Crippen LogP contribution in [0, 0.1) is 11.8 Å². The Bertz CT molecular complexity index is 279. The van der Waals surface area contributed by atoms with Crippen LogP contribution in [0.25, 0.3) is 0 Å². The Hall–Kier alpha value is -0.910. The molecule has 0 aromatic carbocycles. The average molecular weight is 272 g/mol. The third-order valence-electron chi connectivity index (χ3n) is 3.28. The number of hydrogen-bond acceptors (Lipinski definition) is 5. The summed E-state index contributed by atoms with van der Waals surface area (Å²) in [5, 5.41) is 0. The van der Waals surface area contributed by atoms with Crippen molar-refractivity contribution >= 4 is 5.97 Å². The van der Waals surface area contributed by atoms with Crippen molar-refractivity contribution < 1.29 is 23.7 Å². The lowest BCUT2D eigenvalue weighted by Gasteiger charge is -2.13. The highest BCUT2D eigenvalue weighted by molar-refractivity contribution is 5.73. The van der Waals surface area contributed by atoms with Crippen LogP contribution in [0.4, 0.5) is 0 Å². The zero-order valence-electron chi connectivity index (χ0n) is 11.8.